The number of nitrogens with one attached hydrogen (secondary N) is 1. The van der Waals surface area contributed by atoms with Crippen molar-refractivity contribution in [3.05, 3.63) is 22.4 Å². The van der Waals surface area contributed by atoms with Crippen molar-refractivity contribution in [3.63, 3.8) is 0 Å². The molecule has 1 aromatic rings. The van der Waals surface area contributed by atoms with Gasteiger partial charge in [-0.2, -0.15) is 11.3 Å². The molecule has 0 spiro atoms. The summed E-state index contributed by atoms with van der Waals surface area (Å²) in [5.74, 6) is 0.302. The average molecular weight is 337 g/mol. The summed E-state index contributed by atoms with van der Waals surface area (Å²) in [6, 6.07) is 2.30. The monoisotopic (exact) mass is 337 g/mol. The van der Waals surface area contributed by atoms with Crippen LogP contribution in [0.15, 0.2) is 16.8 Å². The number of hydrogen-bond acceptors (Lipinski definition) is 4. The van der Waals surface area contributed by atoms with Crippen LogP contribution >= 0.6 is 11.3 Å². The molecule has 0 bridgehead atoms. The van der Waals surface area contributed by atoms with Gasteiger partial charge in [-0.25, -0.2) is 0 Å². The Morgan fingerprint density at radius 2 is 2.04 bits per heavy atom. The molecule has 1 fully saturated rings. The molecule has 1 aliphatic heterocycles. The second-order valence-corrected chi connectivity index (χ2v) is 6.95. The molecule has 2 heterocycles. The molecule has 1 N–H and O–H groups in total. The van der Waals surface area contributed by atoms with Gasteiger partial charge in [-0.15, -0.1) is 0 Å². The second-order valence-electron chi connectivity index (χ2n) is 6.17. The van der Waals surface area contributed by atoms with E-state index in [9.17, 15) is 9.59 Å². The molecule has 1 atom stereocenters. The van der Waals surface area contributed by atoms with E-state index in [1.807, 2.05) is 17.2 Å². The zero-order valence-corrected chi connectivity index (χ0v) is 14.9. The molecule has 1 unspecified atom stereocenters. The summed E-state index contributed by atoms with van der Waals surface area (Å²) < 4.78 is 0. The Bertz CT molecular complexity index is 496. The highest BCUT2D eigenvalue weighted by atomic mass is 32.1. The minimum absolute atomic E-state index is 0.0802. The Balaban J connectivity index is 1.66. The third-order valence-electron chi connectivity index (χ3n) is 4.32. The van der Waals surface area contributed by atoms with Crippen molar-refractivity contribution in [2.45, 2.75) is 39.2 Å². The normalized spacial score (nSPS) is 17.0. The van der Waals surface area contributed by atoms with Crippen molar-refractivity contribution in [1.29, 1.82) is 0 Å². The third kappa shape index (κ3) is 5.95. The first-order chi connectivity index (χ1) is 11.1. The van der Waals surface area contributed by atoms with Crippen LogP contribution in [0.3, 0.4) is 0 Å². The Kier molecular flexibility index (Phi) is 7.05. The maximum atomic E-state index is 12.2. The predicted octanol–water partition coefficient (Wildman–Crippen LogP) is 1.74. The van der Waals surface area contributed by atoms with Crippen molar-refractivity contribution >= 4 is 23.2 Å². The molecule has 128 valence electrons. The third-order valence-corrected chi connectivity index (χ3v) is 5.05. The minimum atomic E-state index is 0.0802. The Morgan fingerprint density at radius 1 is 1.30 bits per heavy atom. The average Bonchev–Trinajstić information content (AvgIpc) is 3.06. The lowest BCUT2D eigenvalue weighted by Crippen LogP contribution is -2.51. The van der Waals surface area contributed by atoms with E-state index in [4.69, 9.17) is 0 Å². The van der Waals surface area contributed by atoms with Crippen molar-refractivity contribution in [2.24, 2.45) is 0 Å². The zero-order valence-electron chi connectivity index (χ0n) is 14.1. The summed E-state index contributed by atoms with van der Waals surface area (Å²) in [7, 11) is 0. The molecule has 0 radical (unpaired) electrons. The number of amides is 2. The molecule has 5 nitrogen and oxygen atoms in total. The second kappa shape index (κ2) is 9.03. The van der Waals surface area contributed by atoms with Crippen molar-refractivity contribution < 1.29 is 9.59 Å². The topological polar surface area (TPSA) is 52.7 Å². The van der Waals surface area contributed by atoms with Crippen molar-refractivity contribution in [2.75, 3.05) is 32.7 Å². The van der Waals surface area contributed by atoms with Gasteiger partial charge >= 0.3 is 0 Å². The van der Waals surface area contributed by atoms with Crippen LogP contribution < -0.4 is 5.32 Å². The Hall–Kier alpha value is -1.40. The summed E-state index contributed by atoms with van der Waals surface area (Å²) in [6.07, 6.45) is 2.34. The van der Waals surface area contributed by atoms with E-state index in [1.54, 1.807) is 11.3 Å². The summed E-state index contributed by atoms with van der Waals surface area (Å²) in [5, 5.41) is 7.13. The number of thiophene rings is 1. The molecule has 0 aliphatic carbocycles. The van der Waals surface area contributed by atoms with Gasteiger partial charge in [0.05, 0.1) is 6.54 Å². The van der Waals surface area contributed by atoms with Crippen LogP contribution in [0.5, 0.6) is 0 Å². The lowest BCUT2D eigenvalue weighted by Gasteiger charge is -2.34. The lowest BCUT2D eigenvalue weighted by molar-refractivity contribution is -0.133. The molecular weight excluding hydrogens is 310 g/mol. The van der Waals surface area contributed by atoms with Gasteiger partial charge in [0.25, 0.3) is 0 Å². The standard InChI is InChI=1S/C17H27N3O2S/c1-3-14(2)18-16(21)12-19-7-9-20(10-8-19)17(22)5-4-15-6-11-23-13-15/h6,11,13-14H,3-5,7-10,12H2,1-2H3,(H,18,21). The van der Waals surface area contributed by atoms with E-state index in [0.29, 0.717) is 13.0 Å². The molecule has 6 heteroatoms. The van der Waals surface area contributed by atoms with Crippen LogP contribution in [0.25, 0.3) is 0 Å². The van der Waals surface area contributed by atoms with E-state index >= 15 is 0 Å². The fraction of sp³-hybridized carbons (Fsp3) is 0.647. The van der Waals surface area contributed by atoms with Crippen LogP contribution in [0.1, 0.15) is 32.3 Å². The molecule has 1 aromatic heterocycles. The Labute approximate surface area is 142 Å². The molecule has 0 saturated carbocycles. The summed E-state index contributed by atoms with van der Waals surface area (Å²) in [6.45, 7) is 7.50. The summed E-state index contributed by atoms with van der Waals surface area (Å²) >= 11 is 1.67. The van der Waals surface area contributed by atoms with E-state index < -0.39 is 0 Å². The fourth-order valence-corrected chi connectivity index (χ4v) is 3.33. The van der Waals surface area contributed by atoms with E-state index in [2.05, 4.69) is 28.6 Å². The number of aryl methyl sites for hydroxylation is 1. The van der Waals surface area contributed by atoms with Gasteiger partial charge < -0.3 is 10.2 Å². The largest absolute Gasteiger partial charge is 0.353 e. The first-order valence-electron chi connectivity index (χ1n) is 8.39. The molecular formula is C17H27N3O2S. The fourth-order valence-electron chi connectivity index (χ4n) is 2.63. The van der Waals surface area contributed by atoms with E-state index in [0.717, 1.165) is 39.0 Å². The number of rotatable bonds is 7. The van der Waals surface area contributed by atoms with Crippen LogP contribution in [-0.2, 0) is 16.0 Å². The van der Waals surface area contributed by atoms with Crippen LogP contribution in [0.4, 0.5) is 0 Å². The number of hydrogen-bond donors (Lipinski definition) is 1. The number of piperazine rings is 1. The van der Waals surface area contributed by atoms with Crippen LogP contribution in [-0.4, -0.2) is 60.4 Å². The highest BCUT2D eigenvalue weighted by Gasteiger charge is 2.22. The van der Waals surface area contributed by atoms with Crippen LogP contribution in [0, 0.1) is 0 Å². The summed E-state index contributed by atoms with van der Waals surface area (Å²) in [5.41, 5.74) is 1.24. The SMILES string of the molecule is CCC(C)NC(=O)CN1CCN(C(=O)CCc2ccsc2)CC1. The minimum Gasteiger partial charge on any atom is -0.353 e. The molecule has 1 saturated heterocycles. The molecule has 23 heavy (non-hydrogen) atoms. The van der Waals surface area contributed by atoms with Crippen molar-refractivity contribution in [1.82, 2.24) is 15.1 Å². The highest BCUT2D eigenvalue weighted by molar-refractivity contribution is 7.07. The van der Waals surface area contributed by atoms with Crippen LogP contribution in [0.2, 0.25) is 0 Å². The maximum Gasteiger partial charge on any atom is 0.234 e. The van der Waals surface area contributed by atoms with Gasteiger partial charge in [-0.3, -0.25) is 14.5 Å². The number of nitrogens with zero attached hydrogens (tertiary/aromatic N) is 2. The molecule has 1 aliphatic rings. The van der Waals surface area contributed by atoms with Gasteiger partial charge in [0.15, 0.2) is 0 Å². The summed E-state index contributed by atoms with van der Waals surface area (Å²) in [4.78, 5) is 28.2. The maximum absolute atomic E-state index is 12.2. The van der Waals surface area contributed by atoms with Gasteiger partial charge in [0, 0.05) is 38.6 Å². The first-order valence-corrected chi connectivity index (χ1v) is 9.33. The number of carbonyl (C=O) groups is 2. The smallest absolute Gasteiger partial charge is 0.234 e. The molecule has 2 amide bonds. The van der Waals surface area contributed by atoms with Gasteiger partial charge in [0.2, 0.25) is 11.8 Å². The Morgan fingerprint density at radius 3 is 2.65 bits per heavy atom. The van der Waals surface area contributed by atoms with E-state index in [1.165, 1.54) is 5.56 Å². The van der Waals surface area contributed by atoms with Gasteiger partial charge in [0.1, 0.15) is 0 Å². The van der Waals surface area contributed by atoms with E-state index in [-0.39, 0.29) is 17.9 Å². The first kappa shape index (κ1) is 17.9. The molecule has 2 rings (SSSR count). The van der Waals surface area contributed by atoms with Gasteiger partial charge in [-0.05, 0) is 42.2 Å². The predicted molar refractivity (Wildman–Crippen MR) is 93.6 cm³/mol. The zero-order chi connectivity index (χ0) is 16.7. The molecule has 0 aromatic carbocycles. The quantitative estimate of drug-likeness (QED) is 0.824. The highest BCUT2D eigenvalue weighted by Crippen LogP contribution is 2.10. The number of carbonyl (C=O) groups excluding carboxylic acids is 2. The van der Waals surface area contributed by atoms with Gasteiger partial charge in [-0.1, -0.05) is 6.92 Å². The lowest BCUT2D eigenvalue weighted by atomic mass is 10.1. The van der Waals surface area contributed by atoms with Crippen molar-refractivity contribution in [3.8, 4) is 0 Å².